The van der Waals surface area contributed by atoms with E-state index in [0.29, 0.717) is 11.3 Å². The lowest BCUT2D eigenvalue weighted by Crippen LogP contribution is -2.16. The first-order valence-electron chi connectivity index (χ1n) is 6.90. The smallest absolute Gasteiger partial charge is 0.274 e. The summed E-state index contributed by atoms with van der Waals surface area (Å²) in [6.07, 6.45) is -0.00351. The summed E-state index contributed by atoms with van der Waals surface area (Å²) in [6, 6.07) is 10.4. The predicted molar refractivity (Wildman–Crippen MR) is 83.0 cm³/mol. The first-order valence-corrected chi connectivity index (χ1v) is 6.90. The highest BCUT2D eigenvalue weighted by atomic mass is 19.1. The molecule has 2 aromatic rings. The van der Waals surface area contributed by atoms with Crippen molar-refractivity contribution in [2.75, 3.05) is 11.9 Å². The maximum absolute atomic E-state index is 13.3. The molecule has 6 nitrogen and oxygen atoms in total. The van der Waals surface area contributed by atoms with E-state index >= 15 is 0 Å². The Labute approximate surface area is 132 Å². The molecule has 2 aromatic carbocycles. The Kier molecular flexibility index (Phi) is 5.24. The number of nitro benzene ring substituents is 1. The van der Waals surface area contributed by atoms with Crippen LogP contribution < -0.4 is 10.1 Å². The van der Waals surface area contributed by atoms with Crippen molar-refractivity contribution in [3.8, 4) is 5.75 Å². The zero-order valence-electron chi connectivity index (χ0n) is 12.4. The molecule has 0 aliphatic carbocycles. The largest absolute Gasteiger partial charge is 0.490 e. The molecule has 2 rings (SSSR count). The van der Waals surface area contributed by atoms with Crippen molar-refractivity contribution >= 4 is 17.3 Å². The lowest BCUT2D eigenvalue weighted by atomic mass is 10.1. The Balaban J connectivity index is 1.92. The van der Waals surface area contributed by atoms with E-state index in [1.54, 1.807) is 25.1 Å². The van der Waals surface area contributed by atoms with Crippen molar-refractivity contribution in [1.29, 1.82) is 0 Å². The number of amides is 1. The summed E-state index contributed by atoms with van der Waals surface area (Å²) in [6.45, 7) is 1.56. The Hall–Kier alpha value is -2.96. The fraction of sp³-hybridized carbons (Fsp3) is 0.188. The summed E-state index contributed by atoms with van der Waals surface area (Å²) < 4.78 is 18.5. The number of nitrogens with one attached hydrogen (secondary N) is 1. The topological polar surface area (TPSA) is 81.5 Å². The van der Waals surface area contributed by atoms with E-state index in [9.17, 15) is 19.3 Å². The molecule has 0 radical (unpaired) electrons. The van der Waals surface area contributed by atoms with Crippen LogP contribution in [0, 0.1) is 22.9 Å². The van der Waals surface area contributed by atoms with Crippen LogP contribution in [0.5, 0.6) is 5.75 Å². The van der Waals surface area contributed by atoms with Gasteiger partial charge in [-0.25, -0.2) is 4.39 Å². The normalized spacial score (nSPS) is 10.2. The molecule has 0 aliphatic heterocycles. The summed E-state index contributed by atoms with van der Waals surface area (Å²) in [4.78, 5) is 22.2. The number of anilines is 1. The van der Waals surface area contributed by atoms with Gasteiger partial charge in [0.2, 0.25) is 5.91 Å². The highest BCUT2D eigenvalue weighted by Gasteiger charge is 2.14. The van der Waals surface area contributed by atoms with Crippen LogP contribution >= 0.6 is 0 Å². The van der Waals surface area contributed by atoms with Crippen molar-refractivity contribution in [2.45, 2.75) is 13.3 Å². The third kappa shape index (κ3) is 4.26. The predicted octanol–water partition coefficient (Wildman–Crippen LogP) is 3.45. The molecule has 0 aliphatic rings. The third-order valence-electron chi connectivity index (χ3n) is 3.20. The number of benzene rings is 2. The van der Waals surface area contributed by atoms with Crippen molar-refractivity contribution in [3.63, 3.8) is 0 Å². The third-order valence-corrected chi connectivity index (χ3v) is 3.20. The molecule has 0 bridgehead atoms. The number of carbonyl (C=O) groups is 1. The molecule has 7 heteroatoms. The fourth-order valence-corrected chi connectivity index (χ4v) is 1.98. The first kappa shape index (κ1) is 16.4. The molecule has 120 valence electrons. The van der Waals surface area contributed by atoms with Gasteiger partial charge in [0, 0.05) is 6.07 Å². The Morgan fingerprint density at radius 1 is 1.26 bits per heavy atom. The number of para-hydroxylation sites is 1. The van der Waals surface area contributed by atoms with Gasteiger partial charge in [-0.3, -0.25) is 14.9 Å². The number of nitro groups is 1. The summed E-state index contributed by atoms with van der Waals surface area (Å²) in [7, 11) is 0. The molecule has 0 heterocycles. The summed E-state index contributed by atoms with van der Waals surface area (Å²) in [5.74, 6) is -0.792. The number of rotatable bonds is 6. The maximum Gasteiger partial charge on any atom is 0.274 e. The molecule has 0 atom stereocenters. The van der Waals surface area contributed by atoms with E-state index in [1.165, 1.54) is 24.3 Å². The molecular formula is C16H15FN2O4. The number of nitrogens with zero attached hydrogens (tertiary/aromatic N) is 1. The second-order valence-corrected chi connectivity index (χ2v) is 4.78. The maximum atomic E-state index is 13.3. The van der Waals surface area contributed by atoms with Gasteiger partial charge in [-0.15, -0.1) is 0 Å². The van der Waals surface area contributed by atoms with Gasteiger partial charge >= 0.3 is 0 Å². The van der Waals surface area contributed by atoms with Crippen LogP contribution in [0.4, 0.5) is 15.8 Å². The second kappa shape index (κ2) is 7.35. The van der Waals surface area contributed by atoms with Gasteiger partial charge < -0.3 is 10.1 Å². The highest BCUT2D eigenvalue weighted by molar-refractivity contribution is 5.92. The van der Waals surface area contributed by atoms with Gasteiger partial charge in [0.1, 0.15) is 0 Å². The van der Waals surface area contributed by atoms with Crippen molar-refractivity contribution < 1.29 is 18.8 Å². The monoisotopic (exact) mass is 318 g/mol. The standard InChI is InChI=1S/C16H15FN2O4/c1-11-13(6-4-7-14(11)19(21)22)18-16(20)9-10-23-15-8-3-2-5-12(15)17/h2-8H,9-10H2,1H3,(H,18,20). The molecule has 0 unspecified atom stereocenters. The van der Waals surface area contributed by atoms with Crippen molar-refractivity contribution in [2.24, 2.45) is 0 Å². The molecule has 1 N–H and O–H groups in total. The van der Waals surface area contributed by atoms with Crippen LogP contribution in [-0.2, 0) is 4.79 Å². The quantitative estimate of drug-likeness (QED) is 0.653. The number of halogens is 1. The molecule has 0 spiro atoms. The van der Waals surface area contributed by atoms with Gasteiger partial charge in [0.15, 0.2) is 11.6 Å². The minimum atomic E-state index is -0.508. The number of ether oxygens (including phenoxy) is 1. The SMILES string of the molecule is Cc1c(NC(=O)CCOc2ccccc2F)cccc1[N+](=O)[O-]. The average molecular weight is 318 g/mol. The summed E-state index contributed by atoms with van der Waals surface area (Å²) in [5, 5.41) is 13.4. The van der Waals surface area contributed by atoms with Gasteiger partial charge in [-0.1, -0.05) is 18.2 Å². The van der Waals surface area contributed by atoms with Crippen LogP contribution in [0.15, 0.2) is 42.5 Å². The molecular weight excluding hydrogens is 303 g/mol. The Bertz CT molecular complexity index is 734. The van der Waals surface area contributed by atoms with E-state index in [1.807, 2.05) is 0 Å². The number of hydrogen-bond acceptors (Lipinski definition) is 4. The van der Waals surface area contributed by atoms with Crippen LogP contribution in [0.25, 0.3) is 0 Å². The van der Waals surface area contributed by atoms with Crippen molar-refractivity contribution in [3.05, 3.63) is 64.0 Å². The van der Waals surface area contributed by atoms with E-state index in [0.717, 1.165) is 0 Å². The molecule has 0 saturated heterocycles. The van der Waals surface area contributed by atoms with E-state index in [2.05, 4.69) is 5.32 Å². The summed E-state index contributed by atoms with van der Waals surface area (Å²) in [5.41, 5.74) is 0.682. The zero-order valence-corrected chi connectivity index (χ0v) is 12.4. The van der Waals surface area contributed by atoms with E-state index in [-0.39, 0.29) is 30.4 Å². The zero-order chi connectivity index (χ0) is 16.8. The van der Waals surface area contributed by atoms with Crippen LogP contribution in [0.2, 0.25) is 0 Å². The van der Waals surface area contributed by atoms with Gasteiger partial charge in [-0.2, -0.15) is 0 Å². The summed E-state index contributed by atoms with van der Waals surface area (Å²) >= 11 is 0. The van der Waals surface area contributed by atoms with Crippen molar-refractivity contribution in [1.82, 2.24) is 0 Å². The minimum absolute atomic E-state index is 0.000735. The van der Waals surface area contributed by atoms with Crippen LogP contribution in [0.3, 0.4) is 0 Å². The molecule has 23 heavy (non-hydrogen) atoms. The Morgan fingerprint density at radius 2 is 2.00 bits per heavy atom. The lowest BCUT2D eigenvalue weighted by Gasteiger charge is -2.09. The molecule has 0 fully saturated rings. The minimum Gasteiger partial charge on any atom is -0.490 e. The van der Waals surface area contributed by atoms with Crippen LogP contribution in [-0.4, -0.2) is 17.4 Å². The second-order valence-electron chi connectivity index (χ2n) is 4.78. The molecule has 1 amide bonds. The average Bonchev–Trinajstić information content (AvgIpc) is 2.51. The lowest BCUT2D eigenvalue weighted by molar-refractivity contribution is -0.385. The van der Waals surface area contributed by atoms with Crippen LogP contribution in [0.1, 0.15) is 12.0 Å². The van der Waals surface area contributed by atoms with E-state index in [4.69, 9.17) is 4.74 Å². The molecule has 0 saturated carbocycles. The number of hydrogen-bond donors (Lipinski definition) is 1. The molecule has 0 aromatic heterocycles. The highest BCUT2D eigenvalue weighted by Crippen LogP contribution is 2.25. The van der Waals surface area contributed by atoms with Gasteiger partial charge in [0.05, 0.1) is 29.2 Å². The van der Waals surface area contributed by atoms with E-state index < -0.39 is 10.7 Å². The Morgan fingerprint density at radius 3 is 2.70 bits per heavy atom. The first-order chi connectivity index (χ1) is 11.0. The number of carbonyl (C=O) groups excluding carboxylic acids is 1. The van der Waals surface area contributed by atoms with Gasteiger partial charge in [0.25, 0.3) is 5.69 Å². The fourth-order valence-electron chi connectivity index (χ4n) is 1.98. The van der Waals surface area contributed by atoms with Gasteiger partial charge in [-0.05, 0) is 25.1 Å².